The highest BCUT2D eigenvalue weighted by Crippen LogP contribution is 2.30. The number of hydrogen-bond donors (Lipinski definition) is 3. The number of aromatic amines is 1. The molecule has 0 aliphatic carbocycles. The van der Waals surface area contributed by atoms with Crippen molar-refractivity contribution in [1.29, 1.82) is 0 Å². The topological polar surface area (TPSA) is 69.1 Å². The van der Waals surface area contributed by atoms with E-state index >= 15 is 0 Å². The molecule has 5 heteroatoms. The van der Waals surface area contributed by atoms with E-state index in [1.807, 2.05) is 0 Å². The maximum atomic E-state index is 9.18. The molecule has 1 radical (unpaired) electrons. The molecular weight excluding hydrogens is 188 g/mol. The lowest BCUT2D eigenvalue weighted by molar-refractivity contribution is 0.405. The van der Waals surface area contributed by atoms with Gasteiger partial charge in [0.05, 0.1) is 11.0 Å². The first-order valence-corrected chi connectivity index (χ1v) is 4.53. The summed E-state index contributed by atoms with van der Waals surface area (Å²) < 4.78 is 0. The Hall–Kier alpha value is -1.36. The van der Waals surface area contributed by atoms with Crippen molar-refractivity contribution < 1.29 is 10.2 Å². The molecule has 0 atom stereocenters. The van der Waals surface area contributed by atoms with Crippen LogP contribution in [0.3, 0.4) is 0 Å². The van der Waals surface area contributed by atoms with Crippen LogP contribution in [0.15, 0.2) is 17.3 Å². The van der Waals surface area contributed by atoms with Crippen molar-refractivity contribution >= 4 is 22.8 Å². The molecule has 0 unspecified atom stereocenters. The molecule has 0 fully saturated rings. The van der Waals surface area contributed by atoms with Gasteiger partial charge in [-0.15, -0.1) is 0 Å². The van der Waals surface area contributed by atoms with Gasteiger partial charge in [0, 0.05) is 18.4 Å². The molecule has 2 aromatic rings. The molecule has 0 amide bonds. The van der Waals surface area contributed by atoms with Crippen molar-refractivity contribution in [3.8, 4) is 11.5 Å². The zero-order chi connectivity index (χ0) is 9.42. The first-order chi connectivity index (χ1) is 6.20. The summed E-state index contributed by atoms with van der Waals surface area (Å²) in [5, 5.41) is 19.0. The van der Waals surface area contributed by atoms with Gasteiger partial charge in [0.25, 0.3) is 0 Å². The van der Waals surface area contributed by atoms with Crippen LogP contribution >= 0.6 is 11.8 Å². The Labute approximate surface area is 78.6 Å². The number of nitrogens with zero attached hydrogens (tertiary/aromatic N) is 1. The number of imidazole rings is 1. The van der Waals surface area contributed by atoms with E-state index < -0.39 is 0 Å². The lowest BCUT2D eigenvalue weighted by atomic mass is 10.3. The minimum atomic E-state index is -0.167. The van der Waals surface area contributed by atoms with Gasteiger partial charge in [0.2, 0.25) is 0 Å². The minimum absolute atomic E-state index is 0.156. The number of aromatic nitrogens is 2. The number of hydrogen-bond acceptors (Lipinski definition) is 4. The molecule has 1 aromatic heterocycles. The summed E-state index contributed by atoms with van der Waals surface area (Å²) >= 11 is 1.23. The molecule has 0 saturated carbocycles. The average molecular weight is 195 g/mol. The first kappa shape index (κ1) is 8.25. The number of H-pyrrole nitrogens is 1. The lowest BCUT2D eigenvalue weighted by Crippen LogP contribution is -1.71. The van der Waals surface area contributed by atoms with Crippen molar-refractivity contribution in [2.45, 2.75) is 5.16 Å². The number of nitrogens with one attached hydrogen (secondary N) is 1. The van der Waals surface area contributed by atoms with Gasteiger partial charge >= 0.3 is 0 Å². The number of benzene rings is 1. The van der Waals surface area contributed by atoms with Crippen LogP contribution in [-0.4, -0.2) is 20.2 Å². The molecule has 2 rings (SSSR count). The molecule has 0 spiro atoms. The summed E-state index contributed by atoms with van der Waals surface area (Å²) in [6, 6.07) is 2.83. The Balaban J connectivity index is 2.70. The first-order valence-electron chi connectivity index (χ1n) is 3.54. The average Bonchev–Trinajstić information content (AvgIpc) is 2.48. The third-order valence-electron chi connectivity index (χ3n) is 1.69. The van der Waals surface area contributed by atoms with Crippen molar-refractivity contribution in [3.05, 3.63) is 18.4 Å². The Kier molecular flexibility index (Phi) is 1.81. The SMILES string of the molecule is [CH2]Sc1nc2cc(O)c(O)cc2[nH]1. The molecule has 0 saturated heterocycles. The van der Waals surface area contributed by atoms with Gasteiger partial charge in [-0.1, -0.05) is 11.8 Å². The highest BCUT2D eigenvalue weighted by atomic mass is 32.2. The summed E-state index contributed by atoms with van der Waals surface area (Å²) in [7, 11) is 0. The van der Waals surface area contributed by atoms with E-state index in [4.69, 9.17) is 0 Å². The minimum Gasteiger partial charge on any atom is -0.504 e. The van der Waals surface area contributed by atoms with Gasteiger partial charge < -0.3 is 15.2 Å². The Morgan fingerprint density at radius 1 is 1.31 bits per heavy atom. The second kappa shape index (κ2) is 2.85. The second-order valence-corrected chi connectivity index (χ2v) is 3.22. The normalized spacial score (nSPS) is 10.8. The summed E-state index contributed by atoms with van der Waals surface area (Å²) in [6.45, 7) is 0. The number of thioether (sulfide) groups is 1. The van der Waals surface area contributed by atoms with Crippen LogP contribution < -0.4 is 0 Å². The maximum absolute atomic E-state index is 9.18. The summed E-state index contributed by atoms with van der Waals surface area (Å²) in [5.74, 6) is -0.323. The highest BCUT2D eigenvalue weighted by molar-refractivity contribution is 8.00. The maximum Gasteiger partial charge on any atom is 0.166 e. The van der Waals surface area contributed by atoms with Crippen LogP contribution in [0.25, 0.3) is 11.0 Å². The van der Waals surface area contributed by atoms with E-state index in [0.717, 1.165) is 0 Å². The van der Waals surface area contributed by atoms with Crippen molar-refractivity contribution in [1.82, 2.24) is 9.97 Å². The number of aromatic hydroxyl groups is 2. The monoisotopic (exact) mass is 195 g/mol. The van der Waals surface area contributed by atoms with Crippen LogP contribution in [0.5, 0.6) is 11.5 Å². The van der Waals surface area contributed by atoms with Gasteiger partial charge in [-0.3, -0.25) is 0 Å². The smallest absolute Gasteiger partial charge is 0.166 e. The van der Waals surface area contributed by atoms with E-state index in [2.05, 4.69) is 16.2 Å². The number of fused-ring (bicyclic) bond motifs is 1. The van der Waals surface area contributed by atoms with Gasteiger partial charge in [-0.2, -0.15) is 0 Å². The molecule has 0 aliphatic heterocycles. The van der Waals surface area contributed by atoms with Crippen molar-refractivity contribution in [2.75, 3.05) is 0 Å². The largest absolute Gasteiger partial charge is 0.504 e. The third-order valence-corrected chi connectivity index (χ3v) is 2.16. The fraction of sp³-hybridized carbons (Fsp3) is 0. The molecule has 1 aromatic carbocycles. The standard InChI is InChI=1S/C8H7N2O2S/c1-13-8-9-4-2-6(11)7(12)3-5(4)10-8/h2-3,11-12H,1H2,(H,9,10). The zero-order valence-corrected chi connectivity index (χ0v) is 7.43. The fourth-order valence-corrected chi connectivity index (χ4v) is 1.42. The Morgan fingerprint density at radius 3 is 2.69 bits per heavy atom. The van der Waals surface area contributed by atoms with E-state index in [1.165, 1.54) is 23.9 Å². The molecule has 1 heterocycles. The van der Waals surface area contributed by atoms with Gasteiger partial charge in [0.15, 0.2) is 16.7 Å². The van der Waals surface area contributed by atoms with Gasteiger partial charge in [-0.25, -0.2) is 4.98 Å². The summed E-state index contributed by atoms with van der Waals surface area (Å²) in [6.07, 6.45) is 3.59. The molecular formula is C8H7N2O2S. The molecule has 4 nitrogen and oxygen atoms in total. The molecule has 3 N–H and O–H groups in total. The quantitative estimate of drug-likeness (QED) is 0.480. The molecule has 67 valence electrons. The predicted octanol–water partition coefficient (Wildman–Crippen LogP) is 1.86. The summed E-state index contributed by atoms with van der Waals surface area (Å²) in [4.78, 5) is 7.04. The van der Waals surface area contributed by atoms with Crippen LogP contribution in [-0.2, 0) is 0 Å². The molecule has 13 heavy (non-hydrogen) atoms. The Bertz CT molecular complexity index is 414. The predicted molar refractivity (Wildman–Crippen MR) is 50.6 cm³/mol. The van der Waals surface area contributed by atoms with Crippen LogP contribution in [0.4, 0.5) is 0 Å². The number of phenolic OH excluding ortho intramolecular Hbond substituents is 2. The molecule has 0 aliphatic rings. The van der Waals surface area contributed by atoms with E-state index in [1.54, 1.807) is 0 Å². The zero-order valence-electron chi connectivity index (χ0n) is 6.61. The highest BCUT2D eigenvalue weighted by Gasteiger charge is 2.06. The van der Waals surface area contributed by atoms with E-state index in [-0.39, 0.29) is 11.5 Å². The summed E-state index contributed by atoms with van der Waals surface area (Å²) in [5.41, 5.74) is 1.29. The number of phenols is 2. The lowest BCUT2D eigenvalue weighted by Gasteiger charge is -1.94. The van der Waals surface area contributed by atoms with Crippen molar-refractivity contribution in [2.24, 2.45) is 0 Å². The van der Waals surface area contributed by atoms with Crippen LogP contribution in [0.1, 0.15) is 0 Å². The molecule has 0 bridgehead atoms. The Morgan fingerprint density at radius 2 is 2.00 bits per heavy atom. The van der Waals surface area contributed by atoms with E-state index in [0.29, 0.717) is 16.2 Å². The van der Waals surface area contributed by atoms with Crippen molar-refractivity contribution in [3.63, 3.8) is 0 Å². The van der Waals surface area contributed by atoms with E-state index in [9.17, 15) is 10.2 Å². The fourth-order valence-electron chi connectivity index (χ4n) is 1.08. The second-order valence-electron chi connectivity index (χ2n) is 2.54. The van der Waals surface area contributed by atoms with Gasteiger partial charge in [0.1, 0.15) is 0 Å². The van der Waals surface area contributed by atoms with Crippen LogP contribution in [0.2, 0.25) is 0 Å². The number of rotatable bonds is 1. The van der Waals surface area contributed by atoms with Gasteiger partial charge in [-0.05, 0) is 0 Å². The third kappa shape index (κ3) is 1.31. The van der Waals surface area contributed by atoms with Crippen LogP contribution in [0, 0.1) is 6.26 Å².